The number of carbonyl (C=O) groups is 2. The first kappa shape index (κ1) is 16.7. The van der Waals surface area contributed by atoms with Crippen LogP contribution in [0, 0.1) is 0 Å². The number of piperazine rings is 1. The van der Waals surface area contributed by atoms with Crippen LogP contribution in [0.15, 0.2) is 41.8 Å². The van der Waals surface area contributed by atoms with E-state index in [-0.39, 0.29) is 11.8 Å². The monoisotopic (exact) mass is 343 g/mol. The van der Waals surface area contributed by atoms with Gasteiger partial charge < -0.3 is 10.2 Å². The van der Waals surface area contributed by atoms with Gasteiger partial charge in [-0.2, -0.15) is 0 Å². The van der Waals surface area contributed by atoms with E-state index in [0.29, 0.717) is 11.3 Å². The summed E-state index contributed by atoms with van der Waals surface area (Å²) in [5.74, 6) is 0.0229. The molecule has 2 heterocycles. The minimum absolute atomic E-state index is 0.0229. The minimum atomic E-state index is -0.0821. The fourth-order valence-corrected chi connectivity index (χ4v) is 3.47. The number of benzene rings is 1. The maximum absolute atomic E-state index is 12.3. The van der Waals surface area contributed by atoms with E-state index in [1.165, 1.54) is 11.8 Å². The summed E-state index contributed by atoms with van der Waals surface area (Å²) in [4.78, 5) is 29.2. The second kappa shape index (κ2) is 7.59. The molecule has 2 amide bonds. The van der Waals surface area contributed by atoms with Gasteiger partial charge in [-0.25, -0.2) is 4.79 Å². The molecule has 0 radical (unpaired) electrons. The van der Waals surface area contributed by atoms with Crippen LogP contribution in [0.1, 0.15) is 22.2 Å². The Labute approximate surface area is 145 Å². The van der Waals surface area contributed by atoms with Crippen LogP contribution in [-0.4, -0.2) is 47.8 Å². The second-order valence-corrected chi connectivity index (χ2v) is 6.94. The van der Waals surface area contributed by atoms with Crippen molar-refractivity contribution in [2.24, 2.45) is 0 Å². The van der Waals surface area contributed by atoms with Crippen molar-refractivity contribution in [3.05, 3.63) is 52.2 Å². The van der Waals surface area contributed by atoms with Crippen molar-refractivity contribution in [2.75, 3.05) is 31.5 Å². The molecule has 0 unspecified atom stereocenters. The van der Waals surface area contributed by atoms with E-state index in [9.17, 15) is 9.59 Å². The van der Waals surface area contributed by atoms with E-state index < -0.39 is 0 Å². The van der Waals surface area contributed by atoms with E-state index in [0.717, 1.165) is 32.7 Å². The Morgan fingerprint density at radius 1 is 1.08 bits per heavy atom. The lowest BCUT2D eigenvalue weighted by Crippen LogP contribution is -2.49. The lowest BCUT2D eigenvalue weighted by Gasteiger charge is -2.34. The minimum Gasteiger partial charge on any atom is -0.322 e. The third kappa shape index (κ3) is 4.21. The second-order valence-electron chi connectivity index (χ2n) is 5.91. The van der Waals surface area contributed by atoms with Gasteiger partial charge in [-0.1, -0.05) is 6.07 Å². The molecule has 1 N–H and O–H groups in total. The van der Waals surface area contributed by atoms with Crippen molar-refractivity contribution in [1.29, 1.82) is 0 Å². The number of thiophene rings is 1. The van der Waals surface area contributed by atoms with Crippen LogP contribution in [0.4, 0.5) is 10.5 Å². The third-order valence-corrected chi connectivity index (χ3v) is 5.02. The molecule has 0 atom stereocenters. The summed E-state index contributed by atoms with van der Waals surface area (Å²) in [6.45, 7) is 5.71. The van der Waals surface area contributed by atoms with Gasteiger partial charge >= 0.3 is 6.03 Å². The number of anilines is 1. The highest BCUT2D eigenvalue weighted by atomic mass is 32.1. The first-order valence-electron chi connectivity index (χ1n) is 8.03. The van der Waals surface area contributed by atoms with E-state index in [1.54, 1.807) is 35.6 Å². The van der Waals surface area contributed by atoms with E-state index in [4.69, 9.17) is 0 Å². The predicted octanol–water partition coefficient (Wildman–Crippen LogP) is 3.30. The van der Waals surface area contributed by atoms with E-state index in [2.05, 4.69) is 27.7 Å². The van der Waals surface area contributed by atoms with Crippen molar-refractivity contribution in [2.45, 2.75) is 13.5 Å². The Kier molecular flexibility index (Phi) is 5.27. The maximum atomic E-state index is 12.3. The fourth-order valence-electron chi connectivity index (χ4n) is 2.72. The molecule has 0 aliphatic carbocycles. The van der Waals surface area contributed by atoms with Crippen LogP contribution in [0.2, 0.25) is 0 Å². The lowest BCUT2D eigenvalue weighted by atomic mass is 10.1. The number of nitrogens with zero attached hydrogens (tertiary/aromatic N) is 2. The molecular formula is C18H21N3O2S. The van der Waals surface area contributed by atoms with Gasteiger partial charge in [-0.05, 0) is 42.6 Å². The number of hydrogen-bond donors (Lipinski definition) is 1. The van der Waals surface area contributed by atoms with Gasteiger partial charge in [0.25, 0.3) is 0 Å². The maximum Gasteiger partial charge on any atom is 0.321 e. The molecule has 24 heavy (non-hydrogen) atoms. The summed E-state index contributed by atoms with van der Waals surface area (Å²) in [5.41, 5.74) is 1.36. The Bertz CT molecular complexity index is 690. The zero-order chi connectivity index (χ0) is 16.9. The Balaban J connectivity index is 1.49. The van der Waals surface area contributed by atoms with Gasteiger partial charge in [-0.15, -0.1) is 11.3 Å². The number of rotatable bonds is 4. The average molecular weight is 343 g/mol. The van der Waals surface area contributed by atoms with Crippen LogP contribution in [-0.2, 0) is 6.54 Å². The molecular weight excluding hydrogens is 322 g/mol. The van der Waals surface area contributed by atoms with Crippen molar-refractivity contribution >= 4 is 28.8 Å². The van der Waals surface area contributed by atoms with Gasteiger partial charge in [0.15, 0.2) is 5.78 Å². The van der Waals surface area contributed by atoms with Gasteiger partial charge in [0.2, 0.25) is 0 Å². The molecule has 1 saturated heterocycles. The molecule has 0 spiro atoms. The first-order valence-corrected chi connectivity index (χ1v) is 8.91. The van der Waals surface area contributed by atoms with Crippen LogP contribution < -0.4 is 5.32 Å². The highest BCUT2D eigenvalue weighted by molar-refractivity contribution is 7.09. The molecule has 0 saturated carbocycles. The Morgan fingerprint density at radius 2 is 1.79 bits per heavy atom. The molecule has 1 aromatic heterocycles. The van der Waals surface area contributed by atoms with Crippen LogP contribution in [0.5, 0.6) is 0 Å². The number of carbonyl (C=O) groups excluding carboxylic acids is 2. The van der Waals surface area contributed by atoms with Crippen LogP contribution in [0.25, 0.3) is 0 Å². The smallest absolute Gasteiger partial charge is 0.321 e. The number of ketones is 1. The number of hydrogen-bond acceptors (Lipinski definition) is 4. The van der Waals surface area contributed by atoms with Gasteiger partial charge in [0.05, 0.1) is 0 Å². The molecule has 126 valence electrons. The Morgan fingerprint density at radius 3 is 2.38 bits per heavy atom. The summed E-state index contributed by atoms with van der Waals surface area (Å²) >= 11 is 1.77. The highest BCUT2D eigenvalue weighted by Crippen LogP contribution is 2.15. The molecule has 2 aromatic rings. The summed E-state index contributed by atoms with van der Waals surface area (Å²) in [6, 6.07) is 11.1. The number of amides is 2. The Hall–Kier alpha value is -2.18. The fraction of sp³-hybridized carbons (Fsp3) is 0.333. The molecule has 1 aliphatic rings. The summed E-state index contributed by atoms with van der Waals surface area (Å²) in [7, 11) is 0. The highest BCUT2D eigenvalue weighted by Gasteiger charge is 2.21. The largest absolute Gasteiger partial charge is 0.322 e. The van der Waals surface area contributed by atoms with Crippen LogP contribution >= 0.6 is 11.3 Å². The van der Waals surface area contributed by atoms with Crippen molar-refractivity contribution in [3.63, 3.8) is 0 Å². The molecule has 3 rings (SSSR count). The normalized spacial score (nSPS) is 15.3. The topological polar surface area (TPSA) is 52.7 Å². The molecule has 1 aromatic carbocycles. The third-order valence-electron chi connectivity index (χ3n) is 4.16. The van der Waals surface area contributed by atoms with Crippen LogP contribution in [0.3, 0.4) is 0 Å². The van der Waals surface area contributed by atoms with Crippen molar-refractivity contribution < 1.29 is 9.59 Å². The zero-order valence-electron chi connectivity index (χ0n) is 13.7. The quantitative estimate of drug-likeness (QED) is 0.867. The number of urea groups is 1. The predicted molar refractivity (Wildman–Crippen MR) is 96.6 cm³/mol. The lowest BCUT2D eigenvalue weighted by molar-refractivity contribution is 0.101. The standard InChI is InChI=1S/C18H21N3O2S/c1-14(22)15-4-6-16(7-5-15)19-18(23)21-10-8-20(9-11-21)13-17-3-2-12-24-17/h2-7,12H,8-11,13H2,1H3,(H,19,23). The molecule has 0 bridgehead atoms. The van der Waals surface area contributed by atoms with Crippen molar-refractivity contribution in [1.82, 2.24) is 9.80 Å². The number of nitrogens with one attached hydrogen (secondary N) is 1. The average Bonchev–Trinajstić information content (AvgIpc) is 3.09. The van der Waals surface area contributed by atoms with E-state index in [1.807, 2.05) is 4.90 Å². The summed E-state index contributed by atoms with van der Waals surface area (Å²) in [5, 5.41) is 4.99. The van der Waals surface area contributed by atoms with Gasteiger partial charge in [0, 0.05) is 48.9 Å². The molecule has 6 heteroatoms. The molecule has 1 fully saturated rings. The van der Waals surface area contributed by atoms with Gasteiger partial charge in [-0.3, -0.25) is 9.69 Å². The number of Topliss-reactive ketones (excluding diaryl/α,β-unsaturated/α-hetero) is 1. The molecule has 5 nitrogen and oxygen atoms in total. The first-order chi connectivity index (χ1) is 11.6. The van der Waals surface area contributed by atoms with Crippen molar-refractivity contribution in [3.8, 4) is 0 Å². The summed E-state index contributed by atoms with van der Waals surface area (Å²) in [6.07, 6.45) is 0. The van der Waals surface area contributed by atoms with E-state index >= 15 is 0 Å². The van der Waals surface area contributed by atoms with Gasteiger partial charge in [0.1, 0.15) is 0 Å². The SMILES string of the molecule is CC(=O)c1ccc(NC(=O)N2CCN(Cc3cccs3)CC2)cc1. The molecule has 1 aliphatic heterocycles. The summed E-state index contributed by atoms with van der Waals surface area (Å²) < 4.78 is 0. The zero-order valence-corrected chi connectivity index (χ0v) is 14.5.